The summed E-state index contributed by atoms with van der Waals surface area (Å²) >= 11 is 3.12. The van der Waals surface area contributed by atoms with Gasteiger partial charge in [0.25, 0.3) is 0 Å². The van der Waals surface area contributed by atoms with E-state index in [2.05, 4.69) is 21.2 Å². The average molecular weight is 291 g/mol. The first-order chi connectivity index (χ1) is 8.19. The topological polar surface area (TPSA) is 35.8 Å². The molecule has 4 heteroatoms. The summed E-state index contributed by atoms with van der Waals surface area (Å²) in [5, 5.41) is 11.8. The van der Waals surface area contributed by atoms with Crippen LogP contribution in [0, 0.1) is 17.1 Å². The van der Waals surface area contributed by atoms with Gasteiger partial charge in [-0.3, -0.25) is 0 Å². The van der Waals surface area contributed by atoms with Crippen LogP contribution in [0.1, 0.15) is 5.56 Å². The molecule has 0 aliphatic rings. The van der Waals surface area contributed by atoms with Crippen molar-refractivity contribution in [1.82, 2.24) is 0 Å². The molecule has 0 amide bonds. The molecule has 0 unspecified atom stereocenters. The molecule has 0 bridgehead atoms. The molecule has 0 heterocycles. The molecular weight excluding hydrogens is 283 g/mol. The number of nitriles is 1. The zero-order valence-corrected chi connectivity index (χ0v) is 10.3. The quantitative estimate of drug-likeness (QED) is 0.900. The zero-order valence-electron chi connectivity index (χ0n) is 8.74. The van der Waals surface area contributed by atoms with E-state index in [0.717, 1.165) is 11.4 Å². The molecule has 0 aliphatic carbocycles. The molecule has 0 spiro atoms. The summed E-state index contributed by atoms with van der Waals surface area (Å²) < 4.78 is 13.4. The number of halogens is 2. The summed E-state index contributed by atoms with van der Waals surface area (Å²) in [5.41, 5.74) is 2.24. The van der Waals surface area contributed by atoms with Crippen molar-refractivity contribution < 1.29 is 4.39 Å². The lowest BCUT2D eigenvalue weighted by atomic mass is 10.2. The van der Waals surface area contributed by atoms with Gasteiger partial charge in [0.2, 0.25) is 0 Å². The minimum atomic E-state index is -0.296. The van der Waals surface area contributed by atoms with E-state index in [1.54, 1.807) is 36.4 Å². The Morgan fingerprint density at radius 3 is 2.29 bits per heavy atom. The zero-order chi connectivity index (χ0) is 12.3. The summed E-state index contributed by atoms with van der Waals surface area (Å²) in [4.78, 5) is 0. The average Bonchev–Trinajstić information content (AvgIpc) is 2.35. The molecule has 0 atom stereocenters. The van der Waals surface area contributed by atoms with Gasteiger partial charge in [-0.2, -0.15) is 5.26 Å². The highest BCUT2D eigenvalue weighted by molar-refractivity contribution is 9.10. The lowest BCUT2D eigenvalue weighted by Crippen LogP contribution is -1.91. The van der Waals surface area contributed by atoms with Crippen LogP contribution in [0.2, 0.25) is 0 Å². The predicted octanol–water partition coefficient (Wildman–Crippen LogP) is 4.20. The fraction of sp³-hybridized carbons (Fsp3) is 0. The molecule has 84 valence electrons. The van der Waals surface area contributed by atoms with Crippen LogP contribution in [0.3, 0.4) is 0 Å². The molecule has 2 nitrogen and oxygen atoms in total. The van der Waals surface area contributed by atoms with E-state index in [1.807, 2.05) is 6.07 Å². The number of rotatable bonds is 2. The Morgan fingerprint density at radius 2 is 1.71 bits per heavy atom. The molecule has 2 rings (SSSR count). The van der Waals surface area contributed by atoms with E-state index in [1.165, 1.54) is 6.07 Å². The summed E-state index contributed by atoms with van der Waals surface area (Å²) in [6.07, 6.45) is 0. The Morgan fingerprint density at radius 1 is 1.06 bits per heavy atom. The Bertz CT molecular complexity index is 573. The molecule has 0 fully saturated rings. The molecule has 2 aromatic carbocycles. The number of hydrogen-bond acceptors (Lipinski definition) is 2. The SMILES string of the molecule is N#Cc1ccc(Nc2ccc(F)c(Br)c2)cc1. The van der Waals surface area contributed by atoms with Crippen LogP contribution in [0.15, 0.2) is 46.9 Å². The molecule has 0 radical (unpaired) electrons. The van der Waals surface area contributed by atoms with E-state index in [0.29, 0.717) is 10.0 Å². The molecule has 0 aromatic heterocycles. The van der Waals surface area contributed by atoms with Crippen molar-refractivity contribution in [2.45, 2.75) is 0 Å². The summed E-state index contributed by atoms with van der Waals surface area (Å²) in [5.74, 6) is -0.296. The van der Waals surface area contributed by atoms with Gasteiger partial charge >= 0.3 is 0 Å². The Labute approximate surface area is 107 Å². The highest BCUT2D eigenvalue weighted by Crippen LogP contribution is 2.23. The van der Waals surface area contributed by atoms with Crippen molar-refractivity contribution in [2.75, 3.05) is 5.32 Å². The van der Waals surface area contributed by atoms with E-state index in [4.69, 9.17) is 5.26 Å². The number of nitrogens with zero attached hydrogens (tertiary/aromatic N) is 1. The number of benzene rings is 2. The fourth-order valence-electron chi connectivity index (χ4n) is 1.37. The smallest absolute Gasteiger partial charge is 0.137 e. The second-order valence-electron chi connectivity index (χ2n) is 3.44. The van der Waals surface area contributed by atoms with Crippen molar-refractivity contribution in [2.24, 2.45) is 0 Å². The van der Waals surface area contributed by atoms with Crippen LogP contribution in [-0.2, 0) is 0 Å². The second-order valence-corrected chi connectivity index (χ2v) is 4.30. The minimum Gasteiger partial charge on any atom is -0.355 e. The third-order valence-electron chi connectivity index (χ3n) is 2.22. The predicted molar refractivity (Wildman–Crippen MR) is 68.5 cm³/mol. The van der Waals surface area contributed by atoms with Crippen LogP contribution in [0.5, 0.6) is 0 Å². The van der Waals surface area contributed by atoms with Gasteiger partial charge in [-0.1, -0.05) is 0 Å². The largest absolute Gasteiger partial charge is 0.355 e. The van der Waals surface area contributed by atoms with E-state index < -0.39 is 0 Å². The Hall–Kier alpha value is -1.86. The molecular formula is C13H8BrFN2. The highest BCUT2D eigenvalue weighted by Gasteiger charge is 2.00. The van der Waals surface area contributed by atoms with Crippen molar-refractivity contribution in [3.8, 4) is 6.07 Å². The van der Waals surface area contributed by atoms with Gasteiger partial charge in [0, 0.05) is 11.4 Å². The molecule has 0 saturated carbocycles. The third-order valence-corrected chi connectivity index (χ3v) is 2.83. The van der Waals surface area contributed by atoms with Crippen LogP contribution >= 0.6 is 15.9 Å². The number of nitrogens with one attached hydrogen (secondary N) is 1. The molecule has 2 aromatic rings. The first kappa shape index (κ1) is 11.6. The van der Waals surface area contributed by atoms with Crippen LogP contribution in [0.25, 0.3) is 0 Å². The van der Waals surface area contributed by atoms with E-state index in [9.17, 15) is 4.39 Å². The van der Waals surface area contributed by atoms with Gasteiger partial charge < -0.3 is 5.32 Å². The lowest BCUT2D eigenvalue weighted by Gasteiger charge is -2.07. The first-order valence-electron chi connectivity index (χ1n) is 4.91. The van der Waals surface area contributed by atoms with Crippen molar-refractivity contribution in [1.29, 1.82) is 5.26 Å². The Balaban J connectivity index is 2.20. The first-order valence-corrected chi connectivity index (χ1v) is 5.70. The monoisotopic (exact) mass is 290 g/mol. The molecule has 1 N–H and O–H groups in total. The van der Waals surface area contributed by atoms with Crippen LogP contribution < -0.4 is 5.32 Å². The maximum Gasteiger partial charge on any atom is 0.137 e. The van der Waals surface area contributed by atoms with Crippen molar-refractivity contribution >= 4 is 27.3 Å². The van der Waals surface area contributed by atoms with Gasteiger partial charge in [-0.15, -0.1) is 0 Å². The number of hydrogen-bond donors (Lipinski definition) is 1. The van der Waals surface area contributed by atoms with Crippen LogP contribution in [-0.4, -0.2) is 0 Å². The maximum atomic E-state index is 13.0. The second kappa shape index (κ2) is 4.98. The minimum absolute atomic E-state index is 0.296. The van der Waals surface area contributed by atoms with Gasteiger partial charge in [0.1, 0.15) is 5.82 Å². The molecule has 0 aliphatic heterocycles. The number of anilines is 2. The summed E-state index contributed by atoms with van der Waals surface area (Å²) in [7, 11) is 0. The van der Waals surface area contributed by atoms with Gasteiger partial charge in [-0.05, 0) is 58.4 Å². The molecule has 17 heavy (non-hydrogen) atoms. The van der Waals surface area contributed by atoms with Crippen molar-refractivity contribution in [3.63, 3.8) is 0 Å². The van der Waals surface area contributed by atoms with Gasteiger partial charge in [0.15, 0.2) is 0 Å². The van der Waals surface area contributed by atoms with Gasteiger partial charge in [-0.25, -0.2) is 4.39 Å². The third kappa shape index (κ3) is 2.83. The normalized spacial score (nSPS) is 9.71. The fourth-order valence-corrected chi connectivity index (χ4v) is 1.75. The van der Waals surface area contributed by atoms with E-state index >= 15 is 0 Å². The van der Waals surface area contributed by atoms with Gasteiger partial charge in [0.05, 0.1) is 16.1 Å². The molecule has 0 saturated heterocycles. The maximum absolute atomic E-state index is 13.0. The Kier molecular flexibility index (Phi) is 3.40. The lowest BCUT2D eigenvalue weighted by molar-refractivity contribution is 0.621. The van der Waals surface area contributed by atoms with Crippen LogP contribution in [0.4, 0.5) is 15.8 Å². The highest BCUT2D eigenvalue weighted by atomic mass is 79.9. The summed E-state index contributed by atoms with van der Waals surface area (Å²) in [6.45, 7) is 0. The summed E-state index contributed by atoms with van der Waals surface area (Å²) in [6, 6.07) is 13.8. The van der Waals surface area contributed by atoms with E-state index in [-0.39, 0.29) is 5.82 Å². The standard InChI is InChI=1S/C13H8BrFN2/c14-12-7-11(5-6-13(12)15)17-10-3-1-9(8-16)2-4-10/h1-7,17H. The van der Waals surface area contributed by atoms with Crippen molar-refractivity contribution in [3.05, 3.63) is 58.3 Å².